The summed E-state index contributed by atoms with van der Waals surface area (Å²) in [5.74, 6) is 1.36. The van der Waals surface area contributed by atoms with Crippen LogP contribution in [0.3, 0.4) is 0 Å². The lowest BCUT2D eigenvalue weighted by molar-refractivity contribution is 0.244. The number of ether oxygens (including phenoxy) is 1. The van der Waals surface area contributed by atoms with E-state index in [-0.39, 0.29) is 17.0 Å². The summed E-state index contributed by atoms with van der Waals surface area (Å²) in [5, 5.41) is 3.96. The van der Waals surface area contributed by atoms with Crippen molar-refractivity contribution in [3.05, 3.63) is 48.7 Å². The van der Waals surface area contributed by atoms with Crippen LogP contribution in [0.2, 0.25) is 0 Å². The van der Waals surface area contributed by atoms with Gasteiger partial charge in [0.15, 0.2) is 0 Å². The quantitative estimate of drug-likeness (QED) is 0.632. The SMILES string of the molecule is COc1ccc(S(=O)(=O)NC2CC(c3nc(-c4cnccn4)no3)N(C)C2)cc1. The lowest BCUT2D eigenvalue weighted by Crippen LogP contribution is -2.36. The number of nitrogens with one attached hydrogen (secondary N) is 1. The largest absolute Gasteiger partial charge is 0.497 e. The minimum atomic E-state index is -3.65. The van der Waals surface area contributed by atoms with Gasteiger partial charge >= 0.3 is 0 Å². The van der Waals surface area contributed by atoms with Crippen molar-refractivity contribution in [3.8, 4) is 17.3 Å². The number of rotatable bonds is 6. The molecule has 3 heterocycles. The second-order valence-corrected chi connectivity index (χ2v) is 8.45. The molecule has 0 saturated carbocycles. The number of nitrogens with zero attached hydrogens (tertiary/aromatic N) is 5. The maximum absolute atomic E-state index is 12.7. The third-order valence-electron chi connectivity index (χ3n) is 4.76. The Balaban J connectivity index is 1.46. The molecular formula is C18H20N6O4S. The Kier molecular flexibility index (Phi) is 5.26. The van der Waals surface area contributed by atoms with E-state index < -0.39 is 10.0 Å². The van der Waals surface area contributed by atoms with E-state index >= 15 is 0 Å². The van der Waals surface area contributed by atoms with Gasteiger partial charge in [-0.3, -0.25) is 9.88 Å². The monoisotopic (exact) mass is 416 g/mol. The van der Waals surface area contributed by atoms with Gasteiger partial charge in [0.2, 0.25) is 21.7 Å². The maximum Gasteiger partial charge on any atom is 0.244 e. The van der Waals surface area contributed by atoms with E-state index in [0.717, 1.165) is 0 Å². The molecule has 1 aliphatic heterocycles. The molecule has 3 aromatic rings. The third kappa shape index (κ3) is 4.11. The Labute approximate surface area is 168 Å². The van der Waals surface area contributed by atoms with Crippen LogP contribution in [0, 0.1) is 0 Å². The molecule has 1 fully saturated rings. The number of benzene rings is 1. The van der Waals surface area contributed by atoms with Crippen LogP contribution in [0.4, 0.5) is 0 Å². The summed E-state index contributed by atoms with van der Waals surface area (Å²) in [5.41, 5.74) is 0.514. The van der Waals surface area contributed by atoms with E-state index in [1.807, 2.05) is 11.9 Å². The highest BCUT2D eigenvalue weighted by molar-refractivity contribution is 7.89. The molecule has 2 unspecified atom stereocenters. The first-order valence-electron chi connectivity index (χ1n) is 8.93. The van der Waals surface area contributed by atoms with Gasteiger partial charge in [-0.05, 0) is 37.7 Å². The van der Waals surface area contributed by atoms with Crippen molar-refractivity contribution in [2.75, 3.05) is 20.7 Å². The topological polar surface area (TPSA) is 123 Å². The lowest BCUT2D eigenvalue weighted by atomic mass is 10.2. The number of hydrogen-bond acceptors (Lipinski definition) is 9. The molecule has 10 nitrogen and oxygen atoms in total. The second-order valence-electron chi connectivity index (χ2n) is 6.73. The molecule has 0 spiro atoms. The van der Waals surface area contributed by atoms with Gasteiger partial charge in [0, 0.05) is 25.0 Å². The number of hydrogen-bond donors (Lipinski definition) is 1. The van der Waals surface area contributed by atoms with Gasteiger partial charge in [0.25, 0.3) is 0 Å². The van der Waals surface area contributed by atoms with Crippen LogP contribution >= 0.6 is 0 Å². The van der Waals surface area contributed by atoms with E-state index in [1.165, 1.54) is 19.2 Å². The molecule has 1 N–H and O–H groups in total. The zero-order chi connectivity index (χ0) is 20.4. The number of likely N-dealkylation sites (tertiary alicyclic amines) is 1. The smallest absolute Gasteiger partial charge is 0.244 e. The highest BCUT2D eigenvalue weighted by Crippen LogP contribution is 2.31. The molecule has 2 atom stereocenters. The van der Waals surface area contributed by atoms with Crippen molar-refractivity contribution in [2.24, 2.45) is 0 Å². The highest BCUT2D eigenvalue weighted by atomic mass is 32.2. The van der Waals surface area contributed by atoms with Gasteiger partial charge in [0.1, 0.15) is 11.4 Å². The maximum atomic E-state index is 12.7. The Hall–Kier alpha value is -2.89. The van der Waals surface area contributed by atoms with Gasteiger partial charge in [-0.1, -0.05) is 5.16 Å². The molecule has 0 aliphatic carbocycles. The number of likely N-dealkylation sites (N-methyl/N-ethyl adjacent to an activating group) is 1. The predicted molar refractivity (Wildman–Crippen MR) is 102 cm³/mol. The zero-order valence-electron chi connectivity index (χ0n) is 15.9. The average molecular weight is 416 g/mol. The second kappa shape index (κ2) is 7.85. The normalized spacial score (nSPS) is 20.1. The van der Waals surface area contributed by atoms with Crippen molar-refractivity contribution >= 4 is 10.0 Å². The average Bonchev–Trinajstić information content (AvgIpc) is 3.35. The number of sulfonamides is 1. The molecule has 1 saturated heterocycles. The summed E-state index contributed by atoms with van der Waals surface area (Å²) in [7, 11) is -0.234. The first kappa shape index (κ1) is 19.4. The number of methoxy groups -OCH3 is 1. The van der Waals surface area contributed by atoms with Crippen molar-refractivity contribution in [1.29, 1.82) is 0 Å². The van der Waals surface area contributed by atoms with Crippen molar-refractivity contribution in [2.45, 2.75) is 23.4 Å². The van der Waals surface area contributed by atoms with Crippen LogP contribution < -0.4 is 9.46 Å². The van der Waals surface area contributed by atoms with E-state index in [4.69, 9.17) is 9.26 Å². The fourth-order valence-electron chi connectivity index (χ4n) is 3.31. The third-order valence-corrected chi connectivity index (χ3v) is 6.30. The predicted octanol–water partition coefficient (Wildman–Crippen LogP) is 1.26. The summed E-state index contributed by atoms with van der Waals surface area (Å²) in [6.07, 6.45) is 5.18. The van der Waals surface area contributed by atoms with Gasteiger partial charge < -0.3 is 9.26 Å². The van der Waals surface area contributed by atoms with Crippen LogP contribution in [-0.2, 0) is 10.0 Å². The Morgan fingerprint density at radius 1 is 1.24 bits per heavy atom. The fourth-order valence-corrected chi connectivity index (χ4v) is 4.55. The summed E-state index contributed by atoms with van der Waals surface area (Å²) in [6, 6.07) is 5.78. The molecule has 152 valence electrons. The van der Waals surface area contributed by atoms with E-state index in [2.05, 4.69) is 24.8 Å². The number of aromatic nitrogens is 4. The van der Waals surface area contributed by atoms with Crippen LogP contribution in [0.1, 0.15) is 18.4 Å². The highest BCUT2D eigenvalue weighted by Gasteiger charge is 2.36. The minimum Gasteiger partial charge on any atom is -0.497 e. The molecule has 4 rings (SSSR count). The summed E-state index contributed by atoms with van der Waals surface area (Å²) >= 11 is 0. The van der Waals surface area contributed by atoms with Gasteiger partial charge in [0.05, 0.1) is 24.2 Å². The lowest BCUT2D eigenvalue weighted by Gasteiger charge is -2.14. The zero-order valence-corrected chi connectivity index (χ0v) is 16.7. The van der Waals surface area contributed by atoms with Crippen LogP contribution in [0.5, 0.6) is 5.75 Å². The Bertz CT molecular complexity index is 1070. The van der Waals surface area contributed by atoms with Crippen LogP contribution in [0.15, 0.2) is 52.3 Å². The van der Waals surface area contributed by atoms with E-state index in [9.17, 15) is 8.42 Å². The summed E-state index contributed by atoms with van der Waals surface area (Å²) in [6.45, 7) is 0.517. The van der Waals surface area contributed by atoms with Gasteiger partial charge in [-0.15, -0.1) is 0 Å². The molecule has 0 radical (unpaired) electrons. The Morgan fingerprint density at radius 3 is 2.72 bits per heavy atom. The minimum absolute atomic E-state index is 0.187. The molecule has 1 aromatic carbocycles. The van der Waals surface area contributed by atoms with Crippen molar-refractivity contribution in [3.63, 3.8) is 0 Å². The molecular weight excluding hydrogens is 396 g/mol. The Morgan fingerprint density at radius 2 is 2.03 bits per heavy atom. The molecule has 11 heteroatoms. The molecule has 0 amide bonds. The van der Waals surface area contributed by atoms with Crippen LogP contribution in [-0.4, -0.2) is 60.2 Å². The first-order valence-corrected chi connectivity index (χ1v) is 10.4. The van der Waals surface area contributed by atoms with Crippen LogP contribution in [0.25, 0.3) is 11.5 Å². The van der Waals surface area contributed by atoms with Crippen molar-refractivity contribution in [1.82, 2.24) is 29.7 Å². The summed E-state index contributed by atoms with van der Waals surface area (Å²) < 4.78 is 38.6. The first-order chi connectivity index (χ1) is 14.0. The molecule has 1 aliphatic rings. The fraction of sp³-hybridized carbons (Fsp3) is 0.333. The van der Waals surface area contributed by atoms with Gasteiger partial charge in [-0.25, -0.2) is 18.1 Å². The molecule has 29 heavy (non-hydrogen) atoms. The van der Waals surface area contributed by atoms with E-state index in [0.29, 0.717) is 36.1 Å². The van der Waals surface area contributed by atoms with E-state index in [1.54, 1.807) is 30.7 Å². The molecule has 2 aromatic heterocycles. The van der Waals surface area contributed by atoms with Gasteiger partial charge in [-0.2, -0.15) is 4.98 Å². The molecule has 0 bridgehead atoms. The summed E-state index contributed by atoms with van der Waals surface area (Å²) in [4.78, 5) is 14.7. The standard InChI is InChI=1S/C18H20N6O4S/c1-24-11-12(23-29(25,26)14-5-3-13(27-2)4-6-14)9-16(24)18-21-17(22-28-18)15-10-19-7-8-20-15/h3-8,10,12,16,23H,9,11H2,1-2H3. The van der Waals surface area contributed by atoms with Crippen molar-refractivity contribution < 1.29 is 17.7 Å².